The molecule has 108 valence electrons. The Morgan fingerprint density at radius 1 is 1.35 bits per heavy atom. The minimum Gasteiger partial charge on any atom is -0.378 e. The monoisotopic (exact) mass is 334 g/mol. The lowest BCUT2D eigenvalue weighted by Crippen LogP contribution is -2.00. The van der Waals surface area contributed by atoms with Crippen LogP contribution in [0.1, 0.15) is 11.3 Å². The van der Waals surface area contributed by atoms with E-state index >= 15 is 0 Å². The highest BCUT2D eigenvalue weighted by molar-refractivity contribution is 8.13. The largest absolute Gasteiger partial charge is 0.378 e. The van der Waals surface area contributed by atoms with Crippen molar-refractivity contribution in [3.05, 3.63) is 40.7 Å². The molecule has 0 radical (unpaired) electrons. The molecule has 0 amide bonds. The van der Waals surface area contributed by atoms with Gasteiger partial charge in [-0.25, -0.2) is 13.1 Å². The van der Waals surface area contributed by atoms with Crippen LogP contribution in [-0.4, -0.2) is 25.3 Å². The number of nitrogens with zero attached hydrogens (tertiary/aromatic N) is 2. The number of rotatable bonds is 4. The third-order valence-electron chi connectivity index (χ3n) is 2.72. The van der Waals surface area contributed by atoms with Crippen molar-refractivity contribution in [3.63, 3.8) is 0 Å². The number of aromatic nitrogens is 2. The van der Waals surface area contributed by atoms with E-state index in [4.69, 9.17) is 27.0 Å². The molecule has 0 saturated heterocycles. The third kappa shape index (κ3) is 2.83. The van der Waals surface area contributed by atoms with Gasteiger partial charge in [0.15, 0.2) is 5.15 Å². The molecule has 0 aliphatic heterocycles. The molecule has 2 rings (SSSR count). The molecule has 2 aromatic rings. The van der Waals surface area contributed by atoms with Gasteiger partial charge in [0.1, 0.15) is 10.6 Å². The maximum Gasteiger partial charge on any atom is 0.266 e. The standard InChI is InChI=1S/C12H12Cl2N2O3S/c1-8-5-3-4-6-10(8)16-12(13)11(20(14,17)18)9(15-16)7-19-2/h3-6H,7H2,1-2H3. The van der Waals surface area contributed by atoms with Gasteiger partial charge < -0.3 is 4.74 Å². The number of aryl methyl sites for hydroxylation is 1. The van der Waals surface area contributed by atoms with E-state index in [0.717, 1.165) is 5.56 Å². The summed E-state index contributed by atoms with van der Waals surface area (Å²) in [6.45, 7) is 1.87. The average Bonchev–Trinajstić information content (AvgIpc) is 2.67. The van der Waals surface area contributed by atoms with Gasteiger partial charge in [-0.2, -0.15) is 5.10 Å². The minimum atomic E-state index is -4.01. The van der Waals surface area contributed by atoms with Crippen molar-refractivity contribution in [1.82, 2.24) is 9.78 Å². The Hall–Kier alpha value is -1.08. The molecule has 0 fully saturated rings. The van der Waals surface area contributed by atoms with Crippen LogP contribution in [0.4, 0.5) is 0 Å². The summed E-state index contributed by atoms with van der Waals surface area (Å²) in [6.07, 6.45) is 0. The molecule has 0 spiro atoms. The number of halogens is 2. The van der Waals surface area contributed by atoms with E-state index in [1.807, 2.05) is 25.1 Å². The van der Waals surface area contributed by atoms with Gasteiger partial charge in [0, 0.05) is 17.8 Å². The zero-order valence-electron chi connectivity index (χ0n) is 10.8. The summed E-state index contributed by atoms with van der Waals surface area (Å²) in [6, 6.07) is 7.34. The van der Waals surface area contributed by atoms with Crippen molar-refractivity contribution in [1.29, 1.82) is 0 Å². The van der Waals surface area contributed by atoms with Gasteiger partial charge in [0.2, 0.25) is 0 Å². The number of hydrogen-bond donors (Lipinski definition) is 0. The quantitative estimate of drug-likeness (QED) is 0.806. The summed E-state index contributed by atoms with van der Waals surface area (Å²) >= 11 is 6.14. The third-order valence-corrected chi connectivity index (χ3v) is 4.57. The van der Waals surface area contributed by atoms with Crippen LogP contribution in [0, 0.1) is 6.92 Å². The van der Waals surface area contributed by atoms with E-state index in [0.29, 0.717) is 5.69 Å². The summed E-state index contributed by atoms with van der Waals surface area (Å²) in [5.74, 6) is 0. The molecule has 0 aliphatic carbocycles. The first-order chi connectivity index (χ1) is 9.36. The Morgan fingerprint density at radius 2 is 2.00 bits per heavy atom. The van der Waals surface area contributed by atoms with Crippen LogP contribution in [-0.2, 0) is 20.4 Å². The van der Waals surface area contributed by atoms with Crippen molar-refractivity contribution in [2.45, 2.75) is 18.4 Å². The van der Waals surface area contributed by atoms with Crippen LogP contribution in [0.15, 0.2) is 29.2 Å². The normalized spacial score (nSPS) is 11.8. The van der Waals surface area contributed by atoms with E-state index < -0.39 is 9.05 Å². The highest BCUT2D eigenvalue weighted by atomic mass is 35.7. The molecule has 0 N–H and O–H groups in total. The maximum atomic E-state index is 11.7. The molecule has 20 heavy (non-hydrogen) atoms. The Morgan fingerprint density at radius 3 is 2.55 bits per heavy atom. The lowest BCUT2D eigenvalue weighted by atomic mass is 10.2. The predicted molar refractivity (Wildman–Crippen MR) is 77.1 cm³/mol. The average molecular weight is 335 g/mol. The van der Waals surface area contributed by atoms with Crippen LogP contribution in [0.5, 0.6) is 0 Å². The Labute approximate surface area is 126 Å². The SMILES string of the molecule is COCc1nn(-c2ccccc2C)c(Cl)c1S(=O)(=O)Cl. The summed E-state index contributed by atoms with van der Waals surface area (Å²) in [5.41, 5.74) is 1.76. The van der Waals surface area contributed by atoms with Gasteiger partial charge >= 0.3 is 0 Å². The highest BCUT2D eigenvalue weighted by Gasteiger charge is 2.27. The maximum absolute atomic E-state index is 11.7. The molecular formula is C12H12Cl2N2O3S. The van der Waals surface area contributed by atoms with Crippen LogP contribution in [0.3, 0.4) is 0 Å². The first-order valence-corrected chi connectivity index (χ1v) is 8.32. The second-order valence-electron chi connectivity index (χ2n) is 4.14. The molecule has 5 nitrogen and oxygen atoms in total. The van der Waals surface area contributed by atoms with Gasteiger partial charge in [-0.05, 0) is 18.6 Å². The van der Waals surface area contributed by atoms with Crippen molar-refractivity contribution < 1.29 is 13.2 Å². The minimum absolute atomic E-state index is 0.000115. The summed E-state index contributed by atoms with van der Waals surface area (Å²) in [5, 5.41) is 4.14. The zero-order valence-corrected chi connectivity index (χ0v) is 13.1. The molecule has 8 heteroatoms. The molecule has 0 unspecified atom stereocenters. The number of ether oxygens (including phenoxy) is 1. The van der Waals surface area contributed by atoms with Gasteiger partial charge in [-0.1, -0.05) is 29.8 Å². The van der Waals surface area contributed by atoms with Crippen molar-refractivity contribution in [2.24, 2.45) is 0 Å². The Bertz CT molecular complexity index is 741. The summed E-state index contributed by atoms with van der Waals surface area (Å²) in [4.78, 5) is -0.217. The number of para-hydroxylation sites is 1. The second kappa shape index (κ2) is 5.73. The predicted octanol–water partition coefficient (Wildman–Crippen LogP) is 2.91. The lowest BCUT2D eigenvalue weighted by Gasteiger charge is -2.06. The molecular weight excluding hydrogens is 323 g/mol. The van der Waals surface area contributed by atoms with Gasteiger partial charge in [0.25, 0.3) is 9.05 Å². The highest BCUT2D eigenvalue weighted by Crippen LogP contribution is 2.31. The fourth-order valence-electron chi connectivity index (χ4n) is 1.86. The Kier molecular flexibility index (Phi) is 4.39. The van der Waals surface area contributed by atoms with E-state index in [1.54, 1.807) is 6.07 Å². The van der Waals surface area contributed by atoms with Crippen LogP contribution in [0.2, 0.25) is 5.15 Å². The second-order valence-corrected chi connectivity index (χ2v) is 7.00. The van der Waals surface area contributed by atoms with Crippen molar-refractivity contribution in [2.75, 3.05) is 7.11 Å². The van der Waals surface area contributed by atoms with Gasteiger partial charge in [0.05, 0.1) is 12.3 Å². The van der Waals surface area contributed by atoms with Gasteiger partial charge in [-0.3, -0.25) is 0 Å². The smallest absolute Gasteiger partial charge is 0.266 e. The molecule has 0 atom stereocenters. The fraction of sp³-hybridized carbons (Fsp3) is 0.250. The van der Waals surface area contributed by atoms with Crippen LogP contribution >= 0.6 is 22.3 Å². The fourth-order valence-corrected chi connectivity index (χ4v) is 3.67. The van der Waals surface area contributed by atoms with E-state index in [2.05, 4.69) is 5.10 Å². The molecule has 1 aromatic carbocycles. The first kappa shape index (κ1) is 15.3. The topological polar surface area (TPSA) is 61.2 Å². The van der Waals surface area contributed by atoms with Crippen molar-refractivity contribution in [3.8, 4) is 5.69 Å². The lowest BCUT2D eigenvalue weighted by molar-refractivity contribution is 0.179. The van der Waals surface area contributed by atoms with Crippen LogP contribution < -0.4 is 0 Å². The Balaban J connectivity index is 2.72. The molecule has 1 aromatic heterocycles. The van der Waals surface area contributed by atoms with E-state index in [1.165, 1.54) is 11.8 Å². The molecule has 0 saturated carbocycles. The van der Waals surface area contributed by atoms with Gasteiger partial charge in [-0.15, -0.1) is 0 Å². The van der Waals surface area contributed by atoms with E-state index in [-0.39, 0.29) is 22.3 Å². The van der Waals surface area contributed by atoms with Crippen molar-refractivity contribution >= 4 is 31.3 Å². The van der Waals surface area contributed by atoms with E-state index in [9.17, 15) is 8.42 Å². The molecule has 1 heterocycles. The van der Waals surface area contributed by atoms with Crippen LogP contribution in [0.25, 0.3) is 5.69 Å². The summed E-state index contributed by atoms with van der Waals surface area (Å²) in [7, 11) is 2.85. The summed E-state index contributed by atoms with van der Waals surface area (Å²) < 4.78 is 29.6. The number of methoxy groups -OCH3 is 1. The zero-order chi connectivity index (χ0) is 14.9. The first-order valence-electron chi connectivity index (χ1n) is 5.63. The molecule has 0 aliphatic rings. The number of hydrogen-bond acceptors (Lipinski definition) is 4. The molecule has 0 bridgehead atoms. The number of benzene rings is 1.